The quantitative estimate of drug-likeness (QED) is 0.387. The van der Waals surface area contributed by atoms with Gasteiger partial charge in [-0.25, -0.2) is 4.79 Å². The number of aliphatic hydroxyl groups is 1. The van der Waals surface area contributed by atoms with Crippen molar-refractivity contribution >= 4 is 29.5 Å². The lowest BCUT2D eigenvalue weighted by atomic mass is 9.83. The summed E-state index contributed by atoms with van der Waals surface area (Å²) in [6.45, 7) is 3.63. The van der Waals surface area contributed by atoms with Crippen LogP contribution in [0.15, 0.2) is 40.9 Å². The molecule has 0 aliphatic carbocycles. The summed E-state index contributed by atoms with van der Waals surface area (Å²) in [5.74, 6) is -0.810. The van der Waals surface area contributed by atoms with E-state index >= 15 is 0 Å². The van der Waals surface area contributed by atoms with Crippen molar-refractivity contribution in [3.05, 3.63) is 46.5 Å². The topological polar surface area (TPSA) is 95.9 Å². The maximum Gasteiger partial charge on any atom is 0.356 e. The fraction of sp³-hybridized carbons (Fsp3) is 0.450. The third kappa shape index (κ3) is 4.23. The van der Waals surface area contributed by atoms with E-state index in [-0.39, 0.29) is 30.2 Å². The number of β-lactam (4-membered cyclic amide) rings is 1. The van der Waals surface area contributed by atoms with E-state index in [4.69, 9.17) is 4.74 Å². The Hall–Kier alpha value is -2.32. The molecule has 1 fully saturated rings. The van der Waals surface area contributed by atoms with Crippen molar-refractivity contribution in [2.75, 3.05) is 12.3 Å². The van der Waals surface area contributed by atoms with E-state index in [2.05, 4.69) is 5.32 Å². The molecule has 0 bridgehead atoms. The maximum atomic E-state index is 12.8. The molecule has 0 saturated carbocycles. The summed E-state index contributed by atoms with van der Waals surface area (Å²) >= 11 is 1.44. The summed E-state index contributed by atoms with van der Waals surface area (Å²) < 4.78 is 5.45. The van der Waals surface area contributed by atoms with E-state index in [0.717, 1.165) is 10.5 Å². The number of amides is 2. The first-order chi connectivity index (χ1) is 13.4. The summed E-state index contributed by atoms with van der Waals surface area (Å²) in [5, 5.41) is 12.6. The number of carbonyl (C=O) groups excluding carboxylic acids is 3. The Bertz CT molecular complexity index is 793. The number of fused-ring (bicyclic) bond motifs is 1. The van der Waals surface area contributed by atoms with Crippen LogP contribution in [0.3, 0.4) is 0 Å². The monoisotopic (exact) mass is 404 g/mol. The van der Waals surface area contributed by atoms with E-state index < -0.39 is 18.0 Å². The minimum absolute atomic E-state index is 0.114. The number of benzene rings is 1. The molecule has 2 N–H and O–H groups in total. The van der Waals surface area contributed by atoms with Crippen LogP contribution in [-0.2, 0) is 25.7 Å². The SMILES string of the molecule is CC(=O)NCCSC1=C(C(=O)OCc2ccccc2)N2C(=O)C(C(C)O)C2C1. The van der Waals surface area contributed by atoms with Gasteiger partial charge in [0.1, 0.15) is 12.3 Å². The van der Waals surface area contributed by atoms with Gasteiger partial charge in [0.2, 0.25) is 11.8 Å². The zero-order valence-electron chi connectivity index (χ0n) is 15.9. The number of hydrogen-bond acceptors (Lipinski definition) is 6. The van der Waals surface area contributed by atoms with Gasteiger partial charge in [0.25, 0.3) is 0 Å². The first-order valence-electron chi connectivity index (χ1n) is 9.22. The van der Waals surface area contributed by atoms with Crippen molar-refractivity contribution in [3.63, 3.8) is 0 Å². The lowest BCUT2D eigenvalue weighted by Gasteiger charge is -2.44. The van der Waals surface area contributed by atoms with Crippen LogP contribution in [0.4, 0.5) is 0 Å². The van der Waals surface area contributed by atoms with Gasteiger partial charge in [0.15, 0.2) is 0 Å². The molecule has 1 aromatic rings. The van der Waals surface area contributed by atoms with Gasteiger partial charge in [-0.3, -0.25) is 9.59 Å². The molecule has 3 rings (SSSR count). The van der Waals surface area contributed by atoms with E-state index in [0.29, 0.717) is 18.7 Å². The molecule has 1 aromatic carbocycles. The van der Waals surface area contributed by atoms with Gasteiger partial charge >= 0.3 is 5.97 Å². The molecule has 2 amide bonds. The van der Waals surface area contributed by atoms with Gasteiger partial charge in [-0.1, -0.05) is 30.3 Å². The molecule has 28 heavy (non-hydrogen) atoms. The number of hydrogen-bond donors (Lipinski definition) is 2. The van der Waals surface area contributed by atoms with Crippen molar-refractivity contribution in [1.82, 2.24) is 10.2 Å². The second-order valence-corrected chi connectivity index (χ2v) is 8.10. The molecule has 8 heteroatoms. The van der Waals surface area contributed by atoms with Crippen LogP contribution in [-0.4, -0.2) is 52.2 Å². The van der Waals surface area contributed by atoms with Crippen molar-refractivity contribution in [1.29, 1.82) is 0 Å². The van der Waals surface area contributed by atoms with Gasteiger partial charge in [-0.05, 0) is 12.5 Å². The predicted molar refractivity (Wildman–Crippen MR) is 105 cm³/mol. The molecule has 3 atom stereocenters. The number of nitrogens with zero attached hydrogens (tertiary/aromatic N) is 1. The van der Waals surface area contributed by atoms with Crippen LogP contribution in [0.1, 0.15) is 25.8 Å². The average Bonchev–Trinajstić information content (AvgIpc) is 2.98. The predicted octanol–water partition coefficient (Wildman–Crippen LogP) is 1.42. The Labute approximate surface area is 168 Å². The van der Waals surface area contributed by atoms with Crippen LogP contribution >= 0.6 is 11.8 Å². The van der Waals surface area contributed by atoms with Gasteiger partial charge in [0, 0.05) is 30.5 Å². The second kappa shape index (κ2) is 8.79. The van der Waals surface area contributed by atoms with Crippen molar-refractivity contribution < 1.29 is 24.2 Å². The number of thioether (sulfide) groups is 1. The van der Waals surface area contributed by atoms with Crippen LogP contribution in [0.2, 0.25) is 0 Å². The summed E-state index contributed by atoms with van der Waals surface area (Å²) in [6.07, 6.45) is -0.249. The van der Waals surface area contributed by atoms with Gasteiger partial charge < -0.3 is 20.1 Å². The minimum Gasteiger partial charge on any atom is -0.456 e. The van der Waals surface area contributed by atoms with Crippen molar-refractivity contribution in [3.8, 4) is 0 Å². The molecule has 2 heterocycles. The average molecular weight is 404 g/mol. The summed E-state index contributed by atoms with van der Waals surface area (Å²) in [7, 11) is 0. The fourth-order valence-electron chi connectivity index (χ4n) is 3.54. The smallest absolute Gasteiger partial charge is 0.356 e. The molecule has 1 saturated heterocycles. The molecule has 0 aromatic heterocycles. The molecular weight excluding hydrogens is 380 g/mol. The largest absolute Gasteiger partial charge is 0.456 e. The zero-order valence-corrected chi connectivity index (χ0v) is 16.7. The lowest BCUT2D eigenvalue weighted by molar-refractivity contribution is -0.162. The number of aliphatic hydroxyl groups excluding tert-OH is 1. The molecule has 150 valence electrons. The Morgan fingerprint density at radius 1 is 1.36 bits per heavy atom. The third-order valence-electron chi connectivity index (χ3n) is 4.85. The Morgan fingerprint density at radius 3 is 2.71 bits per heavy atom. The Kier molecular flexibility index (Phi) is 6.41. The number of rotatable bonds is 8. The van der Waals surface area contributed by atoms with Crippen molar-refractivity contribution in [2.45, 2.75) is 39.0 Å². The first-order valence-corrected chi connectivity index (χ1v) is 10.2. The van der Waals surface area contributed by atoms with E-state index in [1.165, 1.54) is 23.6 Å². The Balaban J connectivity index is 1.71. The van der Waals surface area contributed by atoms with Gasteiger partial charge in [0.05, 0.1) is 18.1 Å². The molecule has 3 unspecified atom stereocenters. The third-order valence-corrected chi connectivity index (χ3v) is 5.96. The molecule has 7 nitrogen and oxygen atoms in total. The number of ether oxygens (including phenoxy) is 1. The number of carbonyl (C=O) groups is 3. The normalized spacial score (nSPS) is 21.8. The van der Waals surface area contributed by atoms with Gasteiger partial charge in [-0.2, -0.15) is 0 Å². The highest BCUT2D eigenvalue weighted by Crippen LogP contribution is 2.47. The van der Waals surface area contributed by atoms with E-state index in [1.54, 1.807) is 6.92 Å². The lowest BCUT2D eigenvalue weighted by Crippen LogP contribution is -2.61. The zero-order chi connectivity index (χ0) is 20.3. The molecule has 0 radical (unpaired) electrons. The molecular formula is C20H24N2O5S. The summed E-state index contributed by atoms with van der Waals surface area (Å²) in [6, 6.07) is 9.12. The van der Waals surface area contributed by atoms with E-state index in [1.807, 2.05) is 30.3 Å². The minimum atomic E-state index is -0.765. The summed E-state index contributed by atoms with van der Waals surface area (Å²) in [4.78, 5) is 38.5. The van der Waals surface area contributed by atoms with Crippen LogP contribution < -0.4 is 5.32 Å². The molecule has 2 aliphatic rings. The van der Waals surface area contributed by atoms with Crippen molar-refractivity contribution in [2.24, 2.45) is 5.92 Å². The fourth-order valence-corrected chi connectivity index (χ4v) is 4.60. The highest BCUT2D eigenvalue weighted by Gasteiger charge is 2.56. The van der Waals surface area contributed by atoms with E-state index in [9.17, 15) is 19.5 Å². The first kappa shape index (κ1) is 20.4. The molecule has 2 aliphatic heterocycles. The second-order valence-electron chi connectivity index (χ2n) is 6.91. The summed E-state index contributed by atoms with van der Waals surface area (Å²) in [5.41, 5.74) is 1.14. The molecule has 0 spiro atoms. The number of nitrogens with one attached hydrogen (secondary N) is 1. The standard InChI is InChI=1S/C20H24N2O5S/c1-12(23)17-15-10-16(28-9-8-21-13(2)24)18(22(15)19(17)25)20(26)27-11-14-6-4-3-5-7-14/h3-7,12,15,17,23H,8-11H2,1-2H3,(H,21,24). The van der Waals surface area contributed by atoms with Crippen LogP contribution in [0.25, 0.3) is 0 Å². The highest BCUT2D eigenvalue weighted by molar-refractivity contribution is 8.03. The van der Waals surface area contributed by atoms with Crippen LogP contribution in [0.5, 0.6) is 0 Å². The number of esters is 1. The highest BCUT2D eigenvalue weighted by atomic mass is 32.2. The Morgan fingerprint density at radius 2 is 2.07 bits per heavy atom. The van der Waals surface area contributed by atoms with Gasteiger partial charge in [-0.15, -0.1) is 11.8 Å². The maximum absolute atomic E-state index is 12.8. The van der Waals surface area contributed by atoms with Crippen LogP contribution in [0, 0.1) is 5.92 Å².